The van der Waals surface area contributed by atoms with E-state index in [1.807, 2.05) is 0 Å². The van der Waals surface area contributed by atoms with Crippen LogP contribution in [-0.4, -0.2) is 20.9 Å². The van der Waals surface area contributed by atoms with Crippen LogP contribution in [0.4, 0.5) is 17.5 Å². The third kappa shape index (κ3) is 3.79. The number of benzene rings is 1. The maximum Gasteiger partial charge on any atom is 0.259 e. The molecule has 120 valence electrons. The number of anilines is 3. The summed E-state index contributed by atoms with van der Waals surface area (Å²) < 4.78 is 0. The van der Waals surface area contributed by atoms with Crippen molar-refractivity contribution in [2.45, 2.75) is 0 Å². The Labute approximate surface area is 147 Å². The molecule has 1 amide bonds. The number of amides is 1. The van der Waals surface area contributed by atoms with E-state index in [2.05, 4.69) is 25.6 Å². The molecule has 0 atom stereocenters. The Morgan fingerprint density at radius 1 is 0.958 bits per heavy atom. The van der Waals surface area contributed by atoms with Crippen molar-refractivity contribution in [2.24, 2.45) is 0 Å². The summed E-state index contributed by atoms with van der Waals surface area (Å²) in [5, 5.41) is 6.20. The Morgan fingerprint density at radius 2 is 1.67 bits per heavy atom. The van der Waals surface area contributed by atoms with Crippen molar-refractivity contribution < 1.29 is 4.79 Å². The lowest BCUT2D eigenvalue weighted by Crippen LogP contribution is -2.14. The summed E-state index contributed by atoms with van der Waals surface area (Å²) in [4.78, 5) is 24.6. The van der Waals surface area contributed by atoms with Crippen molar-refractivity contribution in [3.05, 3.63) is 70.6 Å². The maximum atomic E-state index is 12.4. The van der Waals surface area contributed by atoms with Crippen LogP contribution in [0.1, 0.15) is 10.4 Å². The number of nitrogens with one attached hydrogen (secondary N) is 2. The van der Waals surface area contributed by atoms with Crippen LogP contribution in [0.2, 0.25) is 10.0 Å². The number of carbonyl (C=O) groups is 1. The second-order valence-electron chi connectivity index (χ2n) is 4.68. The minimum absolute atomic E-state index is 0.197. The monoisotopic (exact) mass is 359 g/mol. The summed E-state index contributed by atoms with van der Waals surface area (Å²) in [6.45, 7) is 0. The van der Waals surface area contributed by atoms with Crippen LogP contribution < -0.4 is 10.6 Å². The molecule has 2 N–H and O–H groups in total. The van der Waals surface area contributed by atoms with Gasteiger partial charge in [-0.15, -0.1) is 0 Å². The molecule has 0 saturated heterocycles. The lowest BCUT2D eigenvalue weighted by Gasteiger charge is -2.09. The van der Waals surface area contributed by atoms with Crippen LogP contribution in [0, 0.1) is 0 Å². The Hall–Kier alpha value is -2.70. The molecule has 0 bridgehead atoms. The second-order valence-corrected chi connectivity index (χ2v) is 5.49. The fourth-order valence-electron chi connectivity index (χ4n) is 1.95. The van der Waals surface area contributed by atoms with Gasteiger partial charge in [-0.3, -0.25) is 9.78 Å². The molecule has 1 aromatic carbocycles. The van der Waals surface area contributed by atoms with Crippen LogP contribution in [0.25, 0.3) is 0 Å². The van der Waals surface area contributed by atoms with E-state index < -0.39 is 5.91 Å². The minimum Gasteiger partial charge on any atom is -0.324 e. The number of pyridine rings is 1. The Balaban J connectivity index is 1.78. The van der Waals surface area contributed by atoms with Crippen LogP contribution in [0.5, 0.6) is 0 Å². The summed E-state index contributed by atoms with van der Waals surface area (Å²) in [6.07, 6.45) is 4.82. The normalized spacial score (nSPS) is 10.2. The number of nitrogens with zero attached hydrogens (tertiary/aromatic N) is 3. The molecule has 2 aromatic heterocycles. The smallest absolute Gasteiger partial charge is 0.259 e. The summed E-state index contributed by atoms with van der Waals surface area (Å²) in [7, 11) is 0. The zero-order valence-electron chi connectivity index (χ0n) is 12.2. The Morgan fingerprint density at radius 3 is 2.38 bits per heavy atom. The molecule has 0 spiro atoms. The number of aromatic nitrogens is 3. The highest BCUT2D eigenvalue weighted by Crippen LogP contribution is 2.25. The number of halogens is 2. The van der Waals surface area contributed by atoms with Crippen LogP contribution in [0.3, 0.4) is 0 Å². The van der Waals surface area contributed by atoms with E-state index in [0.29, 0.717) is 11.8 Å². The lowest BCUT2D eigenvalue weighted by atomic mass is 10.2. The summed E-state index contributed by atoms with van der Waals surface area (Å²) in [6, 6.07) is 9.98. The Bertz CT molecular complexity index is 853. The van der Waals surface area contributed by atoms with E-state index in [-0.39, 0.29) is 15.6 Å². The highest BCUT2D eigenvalue weighted by Gasteiger charge is 2.15. The van der Waals surface area contributed by atoms with Gasteiger partial charge in [0, 0.05) is 24.3 Å². The van der Waals surface area contributed by atoms with Gasteiger partial charge >= 0.3 is 0 Å². The topological polar surface area (TPSA) is 79.8 Å². The fraction of sp³-hybridized carbons (Fsp3) is 0. The molecule has 3 rings (SSSR count). The van der Waals surface area contributed by atoms with E-state index in [1.54, 1.807) is 48.8 Å². The van der Waals surface area contributed by atoms with Gasteiger partial charge in [0.15, 0.2) is 0 Å². The average Bonchev–Trinajstić information content (AvgIpc) is 2.56. The van der Waals surface area contributed by atoms with Crippen molar-refractivity contribution in [1.82, 2.24) is 15.0 Å². The quantitative estimate of drug-likeness (QED) is 0.730. The molecule has 0 aliphatic carbocycles. The van der Waals surface area contributed by atoms with Gasteiger partial charge in [0.05, 0.1) is 15.6 Å². The largest absolute Gasteiger partial charge is 0.324 e. The van der Waals surface area contributed by atoms with Crippen LogP contribution in [0.15, 0.2) is 55.0 Å². The third-order valence-corrected chi connectivity index (χ3v) is 3.65. The first-order chi connectivity index (χ1) is 11.6. The molecule has 3 aromatic rings. The summed E-state index contributed by atoms with van der Waals surface area (Å²) in [5.41, 5.74) is 0.978. The molecule has 0 saturated carbocycles. The summed E-state index contributed by atoms with van der Waals surface area (Å²) >= 11 is 12.1. The highest BCUT2D eigenvalue weighted by molar-refractivity contribution is 6.40. The number of hydrogen-bond acceptors (Lipinski definition) is 5. The van der Waals surface area contributed by atoms with E-state index >= 15 is 0 Å². The molecule has 0 aliphatic heterocycles. The number of rotatable bonds is 4. The molecular formula is C16H11Cl2N5O. The zero-order valence-corrected chi connectivity index (χ0v) is 13.7. The van der Waals surface area contributed by atoms with Crippen LogP contribution >= 0.6 is 23.2 Å². The molecule has 0 unspecified atom stereocenters. The fourth-order valence-corrected chi connectivity index (χ4v) is 2.52. The standard InChI is InChI=1S/C16H11Cl2N5O/c17-11-2-1-3-12(18)14(11)15(24)22-13-6-9-20-16(23-13)21-10-4-7-19-8-5-10/h1-9H,(H2,19,20,21,22,23,24). The predicted molar refractivity (Wildman–Crippen MR) is 94.0 cm³/mol. The second kappa shape index (κ2) is 7.25. The number of carbonyl (C=O) groups excluding carboxylic acids is 1. The average molecular weight is 360 g/mol. The highest BCUT2D eigenvalue weighted by atomic mass is 35.5. The molecule has 0 fully saturated rings. The van der Waals surface area contributed by atoms with Crippen molar-refractivity contribution in [3.63, 3.8) is 0 Å². The third-order valence-electron chi connectivity index (χ3n) is 3.02. The first-order valence-electron chi connectivity index (χ1n) is 6.89. The predicted octanol–water partition coefficient (Wildman–Crippen LogP) is 4.17. The van der Waals surface area contributed by atoms with Crippen molar-refractivity contribution >= 4 is 46.6 Å². The van der Waals surface area contributed by atoms with Gasteiger partial charge in [-0.2, -0.15) is 4.98 Å². The van der Waals surface area contributed by atoms with Crippen LogP contribution in [-0.2, 0) is 0 Å². The van der Waals surface area contributed by atoms with E-state index in [1.165, 1.54) is 6.20 Å². The minimum atomic E-state index is -0.445. The molecule has 0 radical (unpaired) electrons. The van der Waals surface area contributed by atoms with E-state index in [0.717, 1.165) is 5.69 Å². The summed E-state index contributed by atoms with van der Waals surface area (Å²) in [5.74, 6) is 0.214. The Kier molecular flexibility index (Phi) is 4.88. The van der Waals surface area contributed by atoms with Gasteiger partial charge in [-0.1, -0.05) is 29.3 Å². The van der Waals surface area contributed by atoms with Gasteiger partial charge in [0.2, 0.25) is 5.95 Å². The molecule has 6 nitrogen and oxygen atoms in total. The molecule has 8 heteroatoms. The van der Waals surface area contributed by atoms with Crippen molar-refractivity contribution in [1.29, 1.82) is 0 Å². The van der Waals surface area contributed by atoms with Gasteiger partial charge in [-0.05, 0) is 30.3 Å². The van der Waals surface area contributed by atoms with Gasteiger partial charge in [0.1, 0.15) is 5.82 Å². The lowest BCUT2D eigenvalue weighted by molar-refractivity contribution is 0.102. The first-order valence-corrected chi connectivity index (χ1v) is 7.64. The molecule has 0 aliphatic rings. The van der Waals surface area contributed by atoms with Crippen molar-refractivity contribution in [3.8, 4) is 0 Å². The maximum absolute atomic E-state index is 12.4. The van der Waals surface area contributed by atoms with Gasteiger partial charge in [-0.25, -0.2) is 4.98 Å². The van der Waals surface area contributed by atoms with Gasteiger partial charge in [0.25, 0.3) is 5.91 Å². The molecule has 24 heavy (non-hydrogen) atoms. The van der Waals surface area contributed by atoms with E-state index in [9.17, 15) is 4.79 Å². The molecule has 2 heterocycles. The SMILES string of the molecule is O=C(Nc1ccnc(Nc2ccncc2)n1)c1c(Cl)cccc1Cl. The number of hydrogen-bond donors (Lipinski definition) is 2. The first kappa shape index (κ1) is 16.2. The van der Waals surface area contributed by atoms with E-state index in [4.69, 9.17) is 23.2 Å². The molecular weight excluding hydrogens is 349 g/mol. The van der Waals surface area contributed by atoms with Gasteiger partial charge < -0.3 is 10.6 Å². The van der Waals surface area contributed by atoms with Crippen molar-refractivity contribution in [2.75, 3.05) is 10.6 Å². The zero-order chi connectivity index (χ0) is 16.9.